The lowest BCUT2D eigenvalue weighted by Gasteiger charge is -2.25. The third-order valence-electron chi connectivity index (χ3n) is 4.21. The number of hydrogen-bond acceptors (Lipinski definition) is 5. The van der Waals surface area contributed by atoms with E-state index in [4.69, 9.17) is 5.73 Å². The van der Waals surface area contributed by atoms with Crippen LogP contribution in [0.2, 0.25) is 0 Å². The van der Waals surface area contributed by atoms with Crippen LogP contribution in [0.1, 0.15) is 36.3 Å². The van der Waals surface area contributed by atoms with E-state index >= 15 is 0 Å². The van der Waals surface area contributed by atoms with Gasteiger partial charge in [0.05, 0.1) is 17.5 Å². The monoisotopic (exact) mass is 330 g/mol. The van der Waals surface area contributed by atoms with Crippen molar-refractivity contribution in [3.05, 3.63) is 29.7 Å². The van der Waals surface area contributed by atoms with E-state index in [1.807, 2.05) is 20.8 Å². The van der Waals surface area contributed by atoms with Gasteiger partial charge in [0.25, 0.3) is 5.91 Å². The SMILES string of the molecule is Cc1c(C(=O)N2C[C@@H](N)C[C@H]2C(=O)NC(C)C)cnc2ccnn12. The number of nitrogens with zero attached hydrogens (tertiary/aromatic N) is 4. The van der Waals surface area contributed by atoms with Crippen molar-refractivity contribution in [1.82, 2.24) is 24.8 Å². The van der Waals surface area contributed by atoms with E-state index in [1.165, 1.54) is 6.20 Å². The highest BCUT2D eigenvalue weighted by atomic mass is 16.2. The molecule has 0 radical (unpaired) electrons. The smallest absolute Gasteiger partial charge is 0.258 e. The third-order valence-corrected chi connectivity index (χ3v) is 4.21. The van der Waals surface area contributed by atoms with Gasteiger partial charge in [0.2, 0.25) is 5.91 Å². The van der Waals surface area contributed by atoms with Crippen molar-refractivity contribution in [1.29, 1.82) is 0 Å². The van der Waals surface area contributed by atoms with Gasteiger partial charge in [-0.2, -0.15) is 5.10 Å². The number of rotatable bonds is 3. The van der Waals surface area contributed by atoms with Crippen LogP contribution in [0, 0.1) is 6.92 Å². The second kappa shape index (κ2) is 6.20. The molecule has 0 unspecified atom stereocenters. The minimum Gasteiger partial charge on any atom is -0.352 e. The van der Waals surface area contributed by atoms with Crippen molar-refractivity contribution in [2.45, 2.75) is 45.3 Å². The largest absolute Gasteiger partial charge is 0.352 e. The van der Waals surface area contributed by atoms with Gasteiger partial charge in [0, 0.05) is 30.9 Å². The summed E-state index contributed by atoms with van der Waals surface area (Å²) >= 11 is 0. The van der Waals surface area contributed by atoms with Gasteiger partial charge in [-0.15, -0.1) is 0 Å². The molecule has 1 aliphatic rings. The Morgan fingerprint density at radius 2 is 2.17 bits per heavy atom. The number of carbonyl (C=O) groups excluding carboxylic acids is 2. The molecule has 2 atom stereocenters. The van der Waals surface area contributed by atoms with E-state index in [2.05, 4.69) is 15.4 Å². The molecule has 8 heteroatoms. The highest BCUT2D eigenvalue weighted by molar-refractivity contribution is 5.98. The van der Waals surface area contributed by atoms with E-state index in [1.54, 1.807) is 21.7 Å². The molecule has 0 spiro atoms. The third kappa shape index (κ3) is 2.84. The van der Waals surface area contributed by atoms with Crippen LogP contribution in [0.4, 0.5) is 0 Å². The molecule has 1 saturated heterocycles. The zero-order valence-corrected chi connectivity index (χ0v) is 14.1. The van der Waals surface area contributed by atoms with Crippen molar-refractivity contribution >= 4 is 17.5 Å². The molecule has 8 nitrogen and oxygen atoms in total. The molecule has 2 aromatic rings. The first-order valence-electron chi connectivity index (χ1n) is 8.04. The van der Waals surface area contributed by atoms with E-state index in [0.29, 0.717) is 29.9 Å². The zero-order chi connectivity index (χ0) is 17.4. The summed E-state index contributed by atoms with van der Waals surface area (Å²) < 4.78 is 1.62. The Hall–Kier alpha value is -2.48. The number of nitrogens with one attached hydrogen (secondary N) is 1. The number of nitrogens with two attached hydrogens (primary N) is 1. The number of hydrogen-bond donors (Lipinski definition) is 2. The highest BCUT2D eigenvalue weighted by Crippen LogP contribution is 2.21. The van der Waals surface area contributed by atoms with Gasteiger partial charge in [0.15, 0.2) is 5.65 Å². The first-order valence-corrected chi connectivity index (χ1v) is 8.04. The Kier molecular flexibility index (Phi) is 4.23. The van der Waals surface area contributed by atoms with Gasteiger partial charge in [0.1, 0.15) is 6.04 Å². The first-order chi connectivity index (χ1) is 11.4. The summed E-state index contributed by atoms with van der Waals surface area (Å²) in [5, 5.41) is 7.04. The van der Waals surface area contributed by atoms with Crippen LogP contribution in [-0.2, 0) is 4.79 Å². The fourth-order valence-corrected chi connectivity index (χ4v) is 3.08. The summed E-state index contributed by atoms with van der Waals surface area (Å²) in [6.07, 6.45) is 3.63. The average Bonchev–Trinajstić information content (AvgIpc) is 3.13. The minimum absolute atomic E-state index is 0.00936. The van der Waals surface area contributed by atoms with Crippen molar-refractivity contribution in [2.24, 2.45) is 5.73 Å². The maximum Gasteiger partial charge on any atom is 0.258 e. The molecular weight excluding hydrogens is 308 g/mol. The summed E-state index contributed by atoms with van der Waals surface area (Å²) in [6.45, 7) is 5.94. The molecule has 1 fully saturated rings. The van der Waals surface area contributed by atoms with Crippen LogP contribution < -0.4 is 11.1 Å². The lowest BCUT2D eigenvalue weighted by atomic mass is 10.1. The maximum atomic E-state index is 13.0. The first kappa shape index (κ1) is 16.4. The summed E-state index contributed by atoms with van der Waals surface area (Å²) in [6, 6.07) is 1.02. The van der Waals surface area contributed by atoms with Crippen LogP contribution in [0.3, 0.4) is 0 Å². The van der Waals surface area contributed by atoms with Gasteiger partial charge in [-0.1, -0.05) is 0 Å². The van der Waals surface area contributed by atoms with Crippen LogP contribution >= 0.6 is 0 Å². The van der Waals surface area contributed by atoms with E-state index in [-0.39, 0.29) is 23.9 Å². The number of aryl methyl sites for hydroxylation is 1. The van der Waals surface area contributed by atoms with Crippen molar-refractivity contribution in [3.8, 4) is 0 Å². The Morgan fingerprint density at radius 1 is 1.42 bits per heavy atom. The van der Waals surface area contributed by atoms with E-state index in [9.17, 15) is 9.59 Å². The Morgan fingerprint density at radius 3 is 2.88 bits per heavy atom. The molecule has 0 saturated carbocycles. The molecule has 0 aliphatic carbocycles. The number of fused-ring (bicyclic) bond motifs is 1. The van der Waals surface area contributed by atoms with Crippen molar-refractivity contribution in [3.63, 3.8) is 0 Å². The Bertz CT molecular complexity index is 784. The van der Waals surface area contributed by atoms with Gasteiger partial charge >= 0.3 is 0 Å². The molecule has 3 heterocycles. The summed E-state index contributed by atoms with van der Waals surface area (Å²) in [5.74, 6) is -0.411. The van der Waals surface area contributed by atoms with Gasteiger partial charge in [-0.05, 0) is 27.2 Å². The number of aromatic nitrogens is 3. The second-order valence-corrected chi connectivity index (χ2v) is 6.49. The standard InChI is InChI=1S/C16H22N6O2/c1-9(2)20-15(23)13-6-11(17)8-21(13)16(24)12-7-18-14-4-5-19-22(14)10(12)3/h4-5,7,9,11,13H,6,8,17H2,1-3H3,(H,20,23)/t11-,13-/m0/s1. The molecule has 3 N–H and O–H groups in total. The maximum absolute atomic E-state index is 13.0. The van der Waals surface area contributed by atoms with Crippen LogP contribution in [0.5, 0.6) is 0 Å². The summed E-state index contributed by atoms with van der Waals surface area (Å²) in [5.41, 5.74) is 7.81. The van der Waals surface area contributed by atoms with Crippen LogP contribution in [0.15, 0.2) is 18.5 Å². The normalized spacial score (nSPS) is 20.8. The molecular formula is C16H22N6O2. The molecule has 24 heavy (non-hydrogen) atoms. The molecule has 128 valence electrons. The lowest BCUT2D eigenvalue weighted by molar-refractivity contribution is -0.125. The fourth-order valence-electron chi connectivity index (χ4n) is 3.08. The highest BCUT2D eigenvalue weighted by Gasteiger charge is 2.39. The quantitative estimate of drug-likeness (QED) is 0.830. The minimum atomic E-state index is -0.553. The number of amides is 2. The van der Waals surface area contributed by atoms with Gasteiger partial charge < -0.3 is 16.0 Å². The molecule has 2 amide bonds. The molecule has 2 aromatic heterocycles. The molecule has 0 bridgehead atoms. The lowest BCUT2D eigenvalue weighted by Crippen LogP contribution is -2.47. The zero-order valence-electron chi connectivity index (χ0n) is 14.1. The van der Waals surface area contributed by atoms with Gasteiger partial charge in [-0.3, -0.25) is 9.59 Å². The van der Waals surface area contributed by atoms with Crippen molar-refractivity contribution in [2.75, 3.05) is 6.54 Å². The van der Waals surface area contributed by atoms with Gasteiger partial charge in [-0.25, -0.2) is 9.50 Å². The predicted octanol–water partition coefficient (Wildman–Crippen LogP) is 0.104. The Balaban J connectivity index is 1.91. The fraction of sp³-hybridized carbons (Fsp3) is 0.500. The topological polar surface area (TPSA) is 106 Å². The van der Waals surface area contributed by atoms with E-state index < -0.39 is 6.04 Å². The summed E-state index contributed by atoms with van der Waals surface area (Å²) in [7, 11) is 0. The van der Waals surface area contributed by atoms with Crippen LogP contribution in [-0.4, -0.2) is 56.0 Å². The summed E-state index contributed by atoms with van der Waals surface area (Å²) in [4.78, 5) is 31.2. The average molecular weight is 330 g/mol. The van der Waals surface area contributed by atoms with E-state index in [0.717, 1.165) is 0 Å². The second-order valence-electron chi connectivity index (χ2n) is 6.49. The number of likely N-dealkylation sites (tertiary alicyclic amines) is 1. The Labute approximate surface area is 140 Å². The number of carbonyl (C=O) groups is 2. The molecule has 3 rings (SSSR count). The van der Waals surface area contributed by atoms with Crippen LogP contribution in [0.25, 0.3) is 5.65 Å². The van der Waals surface area contributed by atoms with Crippen molar-refractivity contribution < 1.29 is 9.59 Å². The molecule has 0 aromatic carbocycles. The molecule has 1 aliphatic heterocycles. The predicted molar refractivity (Wildman–Crippen MR) is 88.4 cm³/mol.